The van der Waals surface area contributed by atoms with Crippen LogP contribution < -0.4 is 10.5 Å². The zero-order valence-corrected chi connectivity index (χ0v) is 8.17. The number of rotatable bonds is 0. The van der Waals surface area contributed by atoms with Gasteiger partial charge in [-0.1, -0.05) is 0 Å². The highest BCUT2D eigenvalue weighted by atomic mass is 16.5. The SMILES string of the molecule is Cc1cc(N)c2c(c1)C(=O)CCCO2. The molecule has 0 saturated heterocycles. The lowest BCUT2D eigenvalue weighted by Gasteiger charge is -2.09. The molecule has 3 heteroatoms. The average molecular weight is 191 g/mol. The van der Waals surface area contributed by atoms with Gasteiger partial charge in [-0.05, 0) is 31.0 Å². The van der Waals surface area contributed by atoms with Crippen molar-refractivity contribution in [1.82, 2.24) is 0 Å². The van der Waals surface area contributed by atoms with E-state index in [9.17, 15) is 4.79 Å². The summed E-state index contributed by atoms with van der Waals surface area (Å²) in [6.45, 7) is 2.50. The molecule has 0 amide bonds. The average Bonchev–Trinajstić information content (AvgIpc) is 2.29. The Morgan fingerprint density at radius 3 is 3.00 bits per heavy atom. The number of hydrogen-bond donors (Lipinski definition) is 1. The van der Waals surface area contributed by atoms with E-state index in [1.807, 2.05) is 19.1 Å². The van der Waals surface area contributed by atoms with E-state index in [2.05, 4.69) is 0 Å². The molecule has 2 N–H and O–H groups in total. The fourth-order valence-corrected chi connectivity index (χ4v) is 1.71. The summed E-state index contributed by atoms with van der Waals surface area (Å²) in [4.78, 5) is 11.7. The molecule has 1 aromatic rings. The lowest BCUT2D eigenvalue weighted by molar-refractivity contribution is 0.0983. The van der Waals surface area contributed by atoms with E-state index >= 15 is 0 Å². The van der Waals surface area contributed by atoms with Gasteiger partial charge in [-0.2, -0.15) is 0 Å². The molecule has 0 radical (unpaired) electrons. The molecule has 1 aliphatic heterocycles. The number of fused-ring (bicyclic) bond motifs is 1. The van der Waals surface area contributed by atoms with E-state index in [1.165, 1.54) is 0 Å². The van der Waals surface area contributed by atoms with Crippen molar-refractivity contribution < 1.29 is 9.53 Å². The number of ketones is 1. The van der Waals surface area contributed by atoms with Crippen molar-refractivity contribution in [2.75, 3.05) is 12.3 Å². The van der Waals surface area contributed by atoms with Crippen molar-refractivity contribution in [3.05, 3.63) is 23.3 Å². The normalized spacial score (nSPS) is 15.6. The molecule has 1 aromatic carbocycles. The summed E-state index contributed by atoms with van der Waals surface area (Å²) < 4.78 is 5.46. The van der Waals surface area contributed by atoms with Crippen LogP contribution in [0.4, 0.5) is 5.69 Å². The molecule has 14 heavy (non-hydrogen) atoms. The molecule has 0 spiro atoms. The number of hydrogen-bond acceptors (Lipinski definition) is 3. The lowest BCUT2D eigenvalue weighted by atomic mass is 10.0. The second kappa shape index (κ2) is 3.33. The van der Waals surface area contributed by atoms with Crippen molar-refractivity contribution in [3.8, 4) is 5.75 Å². The number of nitrogens with two attached hydrogens (primary N) is 1. The van der Waals surface area contributed by atoms with Crippen LogP contribution in [0.15, 0.2) is 12.1 Å². The highest BCUT2D eigenvalue weighted by Crippen LogP contribution is 2.31. The Bertz CT molecular complexity index is 385. The Morgan fingerprint density at radius 1 is 1.43 bits per heavy atom. The van der Waals surface area contributed by atoms with Gasteiger partial charge < -0.3 is 10.5 Å². The van der Waals surface area contributed by atoms with Crippen LogP contribution in [-0.2, 0) is 0 Å². The van der Waals surface area contributed by atoms with Crippen LogP contribution in [-0.4, -0.2) is 12.4 Å². The first-order valence-electron chi connectivity index (χ1n) is 4.74. The third-order valence-corrected chi connectivity index (χ3v) is 2.36. The zero-order valence-electron chi connectivity index (χ0n) is 8.17. The first kappa shape index (κ1) is 9.06. The van der Waals surface area contributed by atoms with Crippen molar-refractivity contribution in [2.24, 2.45) is 0 Å². The van der Waals surface area contributed by atoms with Gasteiger partial charge in [-0.15, -0.1) is 0 Å². The Kier molecular flexibility index (Phi) is 2.15. The highest BCUT2D eigenvalue weighted by Gasteiger charge is 2.18. The quantitative estimate of drug-likeness (QED) is 0.637. The standard InChI is InChI=1S/C11H13NO2/c1-7-5-8-10(13)3-2-4-14-11(8)9(12)6-7/h5-6H,2-4,12H2,1H3. The topological polar surface area (TPSA) is 52.3 Å². The maximum atomic E-state index is 11.7. The molecule has 3 nitrogen and oxygen atoms in total. The van der Waals surface area contributed by atoms with E-state index in [-0.39, 0.29) is 5.78 Å². The van der Waals surface area contributed by atoms with Crippen LogP contribution in [0.3, 0.4) is 0 Å². The zero-order chi connectivity index (χ0) is 10.1. The molecule has 0 saturated carbocycles. The molecular formula is C11H13NO2. The molecule has 0 bridgehead atoms. The number of anilines is 1. The summed E-state index contributed by atoms with van der Waals surface area (Å²) in [5, 5.41) is 0. The van der Waals surface area contributed by atoms with Crippen LogP contribution in [0.2, 0.25) is 0 Å². The minimum atomic E-state index is 0.132. The largest absolute Gasteiger partial charge is 0.491 e. The summed E-state index contributed by atoms with van der Waals surface area (Å²) in [6, 6.07) is 3.68. The predicted molar refractivity (Wildman–Crippen MR) is 54.7 cm³/mol. The maximum absolute atomic E-state index is 11.7. The Balaban J connectivity index is 2.58. The third-order valence-electron chi connectivity index (χ3n) is 2.36. The number of aryl methyl sites for hydroxylation is 1. The van der Waals surface area contributed by atoms with Gasteiger partial charge in [-0.3, -0.25) is 4.79 Å². The van der Waals surface area contributed by atoms with E-state index < -0.39 is 0 Å². The molecule has 2 rings (SSSR count). The van der Waals surface area contributed by atoms with Gasteiger partial charge in [0.05, 0.1) is 17.9 Å². The molecule has 74 valence electrons. The second-order valence-corrected chi connectivity index (χ2v) is 3.61. The molecule has 0 atom stereocenters. The summed E-state index contributed by atoms with van der Waals surface area (Å²) in [6.07, 6.45) is 1.32. The van der Waals surface area contributed by atoms with Crippen molar-refractivity contribution in [3.63, 3.8) is 0 Å². The maximum Gasteiger partial charge on any atom is 0.166 e. The minimum Gasteiger partial charge on any atom is -0.491 e. The van der Waals surface area contributed by atoms with Gasteiger partial charge in [0.2, 0.25) is 0 Å². The second-order valence-electron chi connectivity index (χ2n) is 3.61. The van der Waals surface area contributed by atoms with Crippen LogP contribution in [0.1, 0.15) is 28.8 Å². The van der Waals surface area contributed by atoms with Crippen LogP contribution in [0, 0.1) is 6.92 Å². The van der Waals surface area contributed by atoms with Gasteiger partial charge in [0, 0.05) is 6.42 Å². The highest BCUT2D eigenvalue weighted by molar-refractivity contribution is 6.00. The number of Topliss-reactive ketones (excluding diaryl/α,β-unsaturated/α-hetero) is 1. The fraction of sp³-hybridized carbons (Fsp3) is 0.364. The lowest BCUT2D eigenvalue weighted by Crippen LogP contribution is -2.02. The van der Waals surface area contributed by atoms with Crippen LogP contribution >= 0.6 is 0 Å². The summed E-state index contributed by atoms with van der Waals surface area (Å²) in [5.74, 6) is 0.700. The third kappa shape index (κ3) is 1.45. The number of benzene rings is 1. The van der Waals surface area contributed by atoms with Gasteiger partial charge >= 0.3 is 0 Å². The monoisotopic (exact) mass is 191 g/mol. The molecule has 0 aliphatic carbocycles. The van der Waals surface area contributed by atoms with Crippen molar-refractivity contribution >= 4 is 11.5 Å². The Labute approximate surface area is 82.9 Å². The van der Waals surface area contributed by atoms with E-state index in [0.29, 0.717) is 30.0 Å². The molecular weight excluding hydrogens is 178 g/mol. The Hall–Kier alpha value is -1.51. The summed E-state index contributed by atoms with van der Waals surface area (Å²) in [7, 11) is 0. The molecule has 0 aromatic heterocycles. The number of ether oxygens (including phenoxy) is 1. The van der Waals surface area contributed by atoms with Crippen molar-refractivity contribution in [2.45, 2.75) is 19.8 Å². The van der Waals surface area contributed by atoms with Crippen LogP contribution in [0.5, 0.6) is 5.75 Å². The number of nitrogen functional groups attached to an aromatic ring is 1. The Morgan fingerprint density at radius 2 is 2.21 bits per heavy atom. The fourth-order valence-electron chi connectivity index (χ4n) is 1.71. The van der Waals surface area contributed by atoms with E-state index in [1.54, 1.807) is 0 Å². The van der Waals surface area contributed by atoms with Gasteiger partial charge in [0.25, 0.3) is 0 Å². The van der Waals surface area contributed by atoms with Gasteiger partial charge in [0.15, 0.2) is 11.5 Å². The summed E-state index contributed by atoms with van der Waals surface area (Å²) in [5.41, 5.74) is 8.00. The van der Waals surface area contributed by atoms with Gasteiger partial charge in [-0.25, -0.2) is 0 Å². The first-order valence-corrected chi connectivity index (χ1v) is 4.74. The van der Waals surface area contributed by atoms with Gasteiger partial charge in [0.1, 0.15) is 0 Å². The smallest absolute Gasteiger partial charge is 0.166 e. The molecule has 0 fully saturated rings. The van der Waals surface area contributed by atoms with E-state index in [0.717, 1.165) is 12.0 Å². The molecule has 1 aliphatic rings. The molecule has 1 heterocycles. The molecule has 0 unspecified atom stereocenters. The minimum absolute atomic E-state index is 0.132. The summed E-state index contributed by atoms with van der Waals surface area (Å²) >= 11 is 0. The first-order chi connectivity index (χ1) is 6.68. The predicted octanol–water partition coefficient (Wildman–Crippen LogP) is 1.93. The van der Waals surface area contributed by atoms with Crippen LogP contribution in [0.25, 0.3) is 0 Å². The van der Waals surface area contributed by atoms with Crippen molar-refractivity contribution in [1.29, 1.82) is 0 Å². The number of carbonyl (C=O) groups excluding carboxylic acids is 1. The van der Waals surface area contributed by atoms with E-state index in [4.69, 9.17) is 10.5 Å². The number of carbonyl (C=O) groups is 1.